The van der Waals surface area contributed by atoms with Crippen LogP contribution in [0.1, 0.15) is 27.4 Å². The van der Waals surface area contributed by atoms with Gasteiger partial charge in [-0.25, -0.2) is 4.79 Å². The molecule has 0 saturated heterocycles. The second-order valence-corrected chi connectivity index (χ2v) is 5.15. The number of rotatable bonds is 3. The first kappa shape index (κ1) is 14.8. The zero-order chi connectivity index (χ0) is 16.6. The minimum atomic E-state index is -0.647. The van der Waals surface area contributed by atoms with E-state index in [1.807, 2.05) is 0 Å². The zero-order valence-corrected chi connectivity index (χ0v) is 12.3. The summed E-state index contributed by atoms with van der Waals surface area (Å²) in [6, 6.07) is 6.66. The number of nitrogens with two attached hydrogens (primary N) is 1. The van der Waals surface area contributed by atoms with Crippen LogP contribution in [0.3, 0.4) is 0 Å². The first-order valence-corrected chi connectivity index (χ1v) is 6.87. The van der Waals surface area contributed by atoms with Crippen LogP contribution in [-0.2, 0) is 16.0 Å². The van der Waals surface area contributed by atoms with Crippen molar-refractivity contribution < 1.29 is 14.3 Å². The van der Waals surface area contributed by atoms with Crippen LogP contribution in [0.4, 0.5) is 11.8 Å². The van der Waals surface area contributed by atoms with E-state index in [0.29, 0.717) is 12.0 Å². The van der Waals surface area contributed by atoms with Crippen LogP contribution in [0.15, 0.2) is 29.1 Å². The molecule has 0 bridgehead atoms. The molecule has 23 heavy (non-hydrogen) atoms. The van der Waals surface area contributed by atoms with Gasteiger partial charge in [0.05, 0.1) is 24.2 Å². The number of esters is 1. The molecule has 1 aromatic heterocycles. The molecule has 118 valence electrons. The number of carbonyl (C=O) groups is 2. The molecular formula is C15H14N4O4. The Morgan fingerprint density at radius 2 is 2.00 bits per heavy atom. The Kier molecular flexibility index (Phi) is 3.57. The Labute approximate surface area is 130 Å². The number of anilines is 2. The van der Waals surface area contributed by atoms with E-state index in [2.05, 4.69) is 20.0 Å². The number of hydrogen-bond acceptors (Lipinski definition) is 6. The Bertz CT molecular complexity index is 842. The van der Waals surface area contributed by atoms with Crippen molar-refractivity contribution in [3.8, 4) is 0 Å². The normalized spacial score (nSPS) is 15.9. The van der Waals surface area contributed by atoms with Crippen LogP contribution in [-0.4, -0.2) is 29.0 Å². The van der Waals surface area contributed by atoms with Crippen molar-refractivity contribution in [2.75, 3.05) is 18.2 Å². The van der Waals surface area contributed by atoms with E-state index >= 15 is 0 Å². The van der Waals surface area contributed by atoms with E-state index in [4.69, 9.17) is 5.73 Å². The second-order valence-electron chi connectivity index (χ2n) is 5.15. The lowest BCUT2D eigenvalue weighted by Gasteiger charge is -2.08. The summed E-state index contributed by atoms with van der Waals surface area (Å²) < 4.78 is 4.63. The number of ether oxygens (including phenoxy) is 1. The second kappa shape index (κ2) is 5.56. The maximum atomic E-state index is 12.1. The molecule has 1 amide bonds. The van der Waals surface area contributed by atoms with Crippen molar-refractivity contribution in [1.82, 2.24) is 9.97 Å². The van der Waals surface area contributed by atoms with Crippen LogP contribution in [0.5, 0.6) is 0 Å². The van der Waals surface area contributed by atoms with E-state index in [-0.39, 0.29) is 23.2 Å². The molecule has 0 radical (unpaired) electrons. The van der Waals surface area contributed by atoms with Gasteiger partial charge in [-0.15, -0.1) is 0 Å². The Morgan fingerprint density at radius 1 is 1.30 bits per heavy atom. The number of aromatic nitrogens is 2. The molecule has 2 heterocycles. The third-order valence-electron chi connectivity index (χ3n) is 3.70. The van der Waals surface area contributed by atoms with E-state index in [1.165, 1.54) is 7.11 Å². The van der Waals surface area contributed by atoms with Gasteiger partial charge in [0.1, 0.15) is 5.82 Å². The summed E-state index contributed by atoms with van der Waals surface area (Å²) in [5.74, 6) is -1.23. The fourth-order valence-corrected chi connectivity index (χ4v) is 2.58. The smallest absolute Gasteiger partial charge is 0.337 e. The van der Waals surface area contributed by atoms with Gasteiger partial charge in [-0.3, -0.25) is 14.6 Å². The Hall–Kier alpha value is -3.16. The molecule has 3 rings (SSSR count). The number of carbonyl (C=O) groups excluding carboxylic acids is 2. The number of hydrogen-bond donors (Lipinski definition) is 3. The average Bonchev–Trinajstić information content (AvgIpc) is 2.83. The quantitative estimate of drug-likeness (QED) is 0.704. The molecule has 1 aliphatic rings. The minimum absolute atomic E-state index is 0.0443. The van der Waals surface area contributed by atoms with Gasteiger partial charge in [-0.1, -0.05) is 12.1 Å². The van der Waals surface area contributed by atoms with Crippen LogP contribution in [0, 0.1) is 0 Å². The van der Waals surface area contributed by atoms with Gasteiger partial charge < -0.3 is 15.8 Å². The number of aromatic amines is 1. The monoisotopic (exact) mass is 314 g/mol. The summed E-state index contributed by atoms with van der Waals surface area (Å²) in [6.07, 6.45) is 0.314. The predicted molar refractivity (Wildman–Crippen MR) is 82.1 cm³/mol. The average molecular weight is 314 g/mol. The van der Waals surface area contributed by atoms with Gasteiger partial charge in [0, 0.05) is 0 Å². The first-order valence-electron chi connectivity index (χ1n) is 6.87. The van der Waals surface area contributed by atoms with Crippen LogP contribution >= 0.6 is 0 Å². The lowest BCUT2D eigenvalue weighted by Crippen LogP contribution is -2.20. The molecule has 1 unspecified atom stereocenters. The Balaban J connectivity index is 1.89. The number of nitrogen functional groups attached to an aromatic ring is 1. The van der Waals surface area contributed by atoms with Crippen LogP contribution in [0.25, 0.3) is 0 Å². The fourth-order valence-electron chi connectivity index (χ4n) is 2.58. The fraction of sp³-hybridized carbons (Fsp3) is 0.200. The standard InChI is InChI=1S/C15H14N4O4/c1-23-14(22)8-4-2-7(3-5-8)6-9-10-11(17-12(9)20)18-15(16)19-13(10)21/h2-5,9H,6H2,1H3,(H4,16,17,18,19,20,21). The van der Waals surface area contributed by atoms with E-state index < -0.39 is 17.4 Å². The molecule has 2 aromatic rings. The van der Waals surface area contributed by atoms with Crippen LogP contribution in [0.2, 0.25) is 0 Å². The molecule has 1 aromatic carbocycles. The number of H-pyrrole nitrogens is 1. The topological polar surface area (TPSA) is 127 Å². The summed E-state index contributed by atoms with van der Waals surface area (Å²) in [5.41, 5.74) is 6.55. The highest BCUT2D eigenvalue weighted by atomic mass is 16.5. The number of fused-ring (bicyclic) bond motifs is 1. The number of methoxy groups -OCH3 is 1. The summed E-state index contributed by atoms with van der Waals surface area (Å²) in [5, 5.41) is 2.56. The highest BCUT2D eigenvalue weighted by Crippen LogP contribution is 2.30. The molecule has 0 aliphatic carbocycles. The third-order valence-corrected chi connectivity index (χ3v) is 3.70. The van der Waals surface area contributed by atoms with Crippen molar-refractivity contribution >= 4 is 23.6 Å². The molecule has 0 fully saturated rings. The molecular weight excluding hydrogens is 300 g/mol. The van der Waals surface area contributed by atoms with E-state index in [1.54, 1.807) is 24.3 Å². The van der Waals surface area contributed by atoms with E-state index in [0.717, 1.165) is 5.56 Å². The lowest BCUT2D eigenvalue weighted by molar-refractivity contribution is -0.117. The van der Waals surface area contributed by atoms with Gasteiger partial charge in [0.15, 0.2) is 0 Å². The summed E-state index contributed by atoms with van der Waals surface area (Å²) in [4.78, 5) is 41.9. The van der Waals surface area contributed by atoms with Gasteiger partial charge in [0.25, 0.3) is 5.56 Å². The van der Waals surface area contributed by atoms with E-state index in [9.17, 15) is 14.4 Å². The van der Waals surface area contributed by atoms with Gasteiger partial charge in [0.2, 0.25) is 11.9 Å². The maximum Gasteiger partial charge on any atom is 0.337 e. The lowest BCUT2D eigenvalue weighted by atomic mass is 9.94. The largest absolute Gasteiger partial charge is 0.465 e. The predicted octanol–water partition coefficient (Wildman–Crippen LogP) is 0.417. The van der Waals surface area contributed by atoms with Crippen molar-refractivity contribution in [1.29, 1.82) is 0 Å². The SMILES string of the molecule is COC(=O)c1ccc(CC2C(=O)Nc3nc(N)[nH]c(=O)c32)cc1. The minimum Gasteiger partial charge on any atom is -0.465 e. The number of benzene rings is 1. The highest BCUT2D eigenvalue weighted by molar-refractivity contribution is 6.02. The number of nitrogens with zero attached hydrogens (tertiary/aromatic N) is 1. The molecule has 0 spiro atoms. The van der Waals surface area contributed by atoms with Crippen molar-refractivity contribution in [2.45, 2.75) is 12.3 Å². The molecule has 1 atom stereocenters. The first-order chi connectivity index (χ1) is 11.0. The third kappa shape index (κ3) is 2.66. The van der Waals surface area contributed by atoms with Crippen LogP contribution < -0.4 is 16.6 Å². The molecule has 8 heteroatoms. The maximum absolute atomic E-state index is 12.1. The summed E-state index contributed by atoms with van der Waals surface area (Å²) in [6.45, 7) is 0. The molecule has 8 nitrogen and oxygen atoms in total. The highest BCUT2D eigenvalue weighted by Gasteiger charge is 2.34. The summed E-state index contributed by atoms with van der Waals surface area (Å²) >= 11 is 0. The Morgan fingerprint density at radius 3 is 2.65 bits per heavy atom. The molecule has 4 N–H and O–H groups in total. The summed E-state index contributed by atoms with van der Waals surface area (Å²) in [7, 11) is 1.31. The molecule has 0 saturated carbocycles. The molecule has 1 aliphatic heterocycles. The van der Waals surface area contributed by atoms with Crippen molar-refractivity contribution in [3.63, 3.8) is 0 Å². The number of amides is 1. The number of nitrogens with one attached hydrogen (secondary N) is 2. The van der Waals surface area contributed by atoms with Crippen molar-refractivity contribution in [3.05, 3.63) is 51.3 Å². The van der Waals surface area contributed by atoms with Gasteiger partial charge >= 0.3 is 5.97 Å². The van der Waals surface area contributed by atoms with Crippen molar-refractivity contribution in [2.24, 2.45) is 0 Å². The zero-order valence-electron chi connectivity index (χ0n) is 12.3. The van der Waals surface area contributed by atoms with Gasteiger partial charge in [-0.2, -0.15) is 4.98 Å². The van der Waals surface area contributed by atoms with Gasteiger partial charge in [-0.05, 0) is 24.1 Å².